The van der Waals surface area contributed by atoms with Crippen LogP contribution in [-0.2, 0) is 11.3 Å². The molecule has 0 N–H and O–H groups in total. The largest absolute Gasteiger partial charge is 0.373 e. The lowest BCUT2D eigenvalue weighted by Gasteiger charge is -2.28. The number of halogens is 1. The third-order valence-corrected chi connectivity index (χ3v) is 3.22. The van der Waals surface area contributed by atoms with Crippen molar-refractivity contribution in [3.05, 3.63) is 35.1 Å². The highest BCUT2D eigenvalue weighted by molar-refractivity contribution is 5.33. The van der Waals surface area contributed by atoms with E-state index in [0.29, 0.717) is 19.7 Å². The maximum Gasteiger partial charge on any atom is 0.179 e. The van der Waals surface area contributed by atoms with Gasteiger partial charge in [-0.15, -0.1) is 0 Å². The summed E-state index contributed by atoms with van der Waals surface area (Å²) in [5.74, 6) is -0.511. The number of benzene rings is 1. The van der Waals surface area contributed by atoms with Gasteiger partial charge in [0, 0.05) is 13.1 Å². The van der Waals surface area contributed by atoms with E-state index >= 15 is 0 Å². The molecular weight excluding hydrogens is 245 g/mol. The van der Waals surface area contributed by atoms with Gasteiger partial charge in [0.25, 0.3) is 0 Å². The molecule has 1 aromatic rings. The van der Waals surface area contributed by atoms with Gasteiger partial charge in [0.2, 0.25) is 0 Å². The van der Waals surface area contributed by atoms with Gasteiger partial charge in [0.15, 0.2) is 6.19 Å². The fourth-order valence-electron chi connectivity index (χ4n) is 2.08. The molecule has 1 aliphatic rings. The predicted molar refractivity (Wildman–Crippen MR) is 66.1 cm³/mol. The molecule has 0 bridgehead atoms. The van der Waals surface area contributed by atoms with Crippen LogP contribution in [0.1, 0.15) is 24.0 Å². The van der Waals surface area contributed by atoms with Gasteiger partial charge in [-0.05, 0) is 30.5 Å². The van der Waals surface area contributed by atoms with Gasteiger partial charge in [-0.3, -0.25) is 0 Å². The van der Waals surface area contributed by atoms with Crippen LogP contribution in [0.4, 0.5) is 4.39 Å². The van der Waals surface area contributed by atoms with E-state index in [2.05, 4.69) is 6.19 Å². The van der Waals surface area contributed by atoms with Crippen molar-refractivity contribution in [2.45, 2.75) is 25.6 Å². The van der Waals surface area contributed by atoms with Crippen LogP contribution in [-0.4, -0.2) is 24.1 Å². The van der Waals surface area contributed by atoms with Crippen molar-refractivity contribution < 1.29 is 9.13 Å². The van der Waals surface area contributed by atoms with Gasteiger partial charge in [0.1, 0.15) is 11.9 Å². The fourth-order valence-corrected chi connectivity index (χ4v) is 2.08. The van der Waals surface area contributed by atoms with Crippen molar-refractivity contribution in [3.63, 3.8) is 0 Å². The van der Waals surface area contributed by atoms with Crippen LogP contribution in [0.5, 0.6) is 0 Å². The summed E-state index contributed by atoms with van der Waals surface area (Å²) in [7, 11) is 0. The van der Waals surface area contributed by atoms with E-state index in [0.717, 1.165) is 18.4 Å². The molecule has 0 aliphatic carbocycles. The summed E-state index contributed by atoms with van der Waals surface area (Å²) in [6.07, 6.45) is 3.85. The van der Waals surface area contributed by atoms with E-state index in [1.165, 1.54) is 12.1 Å². The zero-order valence-electron chi connectivity index (χ0n) is 10.5. The van der Waals surface area contributed by atoms with Crippen molar-refractivity contribution in [1.82, 2.24) is 4.90 Å². The molecule has 1 fully saturated rings. The molecule has 0 saturated carbocycles. The first kappa shape index (κ1) is 13.3. The average Bonchev–Trinajstić information content (AvgIpc) is 2.46. The summed E-state index contributed by atoms with van der Waals surface area (Å²) in [6.45, 7) is 1.76. The number of rotatable bonds is 3. The number of hydrogen-bond donors (Lipinski definition) is 0. The van der Waals surface area contributed by atoms with Gasteiger partial charge < -0.3 is 9.64 Å². The molecule has 2 rings (SSSR count). The molecule has 1 aliphatic heterocycles. The maximum absolute atomic E-state index is 13.4. The molecule has 1 heterocycles. The van der Waals surface area contributed by atoms with Crippen molar-refractivity contribution in [1.29, 1.82) is 10.5 Å². The van der Waals surface area contributed by atoms with Crippen LogP contribution < -0.4 is 0 Å². The Morgan fingerprint density at radius 2 is 2.05 bits per heavy atom. The Morgan fingerprint density at radius 1 is 1.32 bits per heavy atom. The Hall–Kier alpha value is -2.11. The lowest BCUT2D eigenvalue weighted by atomic mass is 10.1. The van der Waals surface area contributed by atoms with Gasteiger partial charge in [0.05, 0.1) is 18.3 Å². The molecule has 0 unspecified atom stereocenters. The molecule has 5 heteroatoms. The fraction of sp³-hybridized carbons (Fsp3) is 0.429. The zero-order valence-corrected chi connectivity index (χ0v) is 10.5. The molecule has 1 saturated heterocycles. The summed E-state index contributed by atoms with van der Waals surface area (Å²) in [5.41, 5.74) is 0.769. The van der Waals surface area contributed by atoms with E-state index in [4.69, 9.17) is 15.3 Å². The van der Waals surface area contributed by atoms with Crippen molar-refractivity contribution in [2.24, 2.45) is 0 Å². The van der Waals surface area contributed by atoms with Crippen LogP contribution in [0.25, 0.3) is 0 Å². The first-order chi connectivity index (χ1) is 9.22. The highest BCUT2D eigenvalue weighted by Gasteiger charge is 2.18. The highest BCUT2D eigenvalue weighted by Crippen LogP contribution is 2.16. The molecule has 0 spiro atoms. The minimum absolute atomic E-state index is 0.0473. The predicted octanol–water partition coefficient (Wildman–Crippen LogP) is 2.16. The second kappa shape index (κ2) is 6.17. The van der Waals surface area contributed by atoms with Crippen molar-refractivity contribution in [3.8, 4) is 12.3 Å². The first-order valence-corrected chi connectivity index (χ1v) is 6.17. The van der Waals surface area contributed by atoms with Crippen LogP contribution >= 0.6 is 0 Å². The third kappa shape index (κ3) is 3.43. The monoisotopic (exact) mass is 259 g/mol. The van der Waals surface area contributed by atoms with Gasteiger partial charge >= 0.3 is 0 Å². The van der Waals surface area contributed by atoms with Crippen LogP contribution in [0.2, 0.25) is 0 Å². The van der Waals surface area contributed by atoms with E-state index < -0.39 is 5.82 Å². The second-order valence-corrected chi connectivity index (χ2v) is 4.52. The highest BCUT2D eigenvalue weighted by atomic mass is 19.1. The normalized spacial score (nSPS) is 15.8. The van der Waals surface area contributed by atoms with Crippen LogP contribution in [0.3, 0.4) is 0 Å². The van der Waals surface area contributed by atoms with Crippen LogP contribution in [0.15, 0.2) is 18.2 Å². The first-order valence-electron chi connectivity index (χ1n) is 6.17. The zero-order chi connectivity index (χ0) is 13.7. The number of hydrogen-bond acceptors (Lipinski definition) is 4. The van der Waals surface area contributed by atoms with Crippen LogP contribution in [0, 0.1) is 28.6 Å². The Bertz CT molecular complexity index is 524. The molecule has 1 aromatic carbocycles. The topological polar surface area (TPSA) is 60.0 Å². The molecule has 0 atom stereocenters. The number of likely N-dealkylation sites (tertiary alicyclic amines) is 1. The Labute approximate surface area is 111 Å². The standard InChI is InChI=1S/C14H14FN3O/c15-14-7-11(1-2-12(14)8-16)9-19-13-3-5-18(10-17)6-4-13/h1-2,7,13H,3-6,9H2. The lowest BCUT2D eigenvalue weighted by molar-refractivity contribution is 0.00650. The molecule has 98 valence electrons. The van der Waals surface area contributed by atoms with Crippen molar-refractivity contribution >= 4 is 0 Å². The molecule has 0 amide bonds. The molecule has 4 nitrogen and oxygen atoms in total. The van der Waals surface area contributed by atoms with Crippen molar-refractivity contribution in [2.75, 3.05) is 13.1 Å². The average molecular weight is 259 g/mol. The molecule has 19 heavy (non-hydrogen) atoms. The number of nitrogens with zero attached hydrogens (tertiary/aromatic N) is 3. The Morgan fingerprint density at radius 3 is 2.63 bits per heavy atom. The van der Waals surface area contributed by atoms with E-state index in [1.54, 1.807) is 17.0 Å². The maximum atomic E-state index is 13.4. The molecule has 0 radical (unpaired) electrons. The summed E-state index contributed by atoms with van der Waals surface area (Å²) in [4.78, 5) is 1.71. The quantitative estimate of drug-likeness (QED) is 0.780. The van der Waals surface area contributed by atoms with Gasteiger partial charge in [-0.2, -0.15) is 10.5 Å². The summed E-state index contributed by atoms with van der Waals surface area (Å²) in [5, 5.41) is 17.4. The minimum Gasteiger partial charge on any atom is -0.373 e. The minimum atomic E-state index is -0.511. The molecule has 0 aromatic heterocycles. The van der Waals surface area contributed by atoms with Gasteiger partial charge in [-0.25, -0.2) is 4.39 Å². The van der Waals surface area contributed by atoms with E-state index in [-0.39, 0.29) is 11.7 Å². The Kier molecular flexibility index (Phi) is 4.33. The van der Waals surface area contributed by atoms with E-state index in [9.17, 15) is 4.39 Å². The van der Waals surface area contributed by atoms with Gasteiger partial charge in [-0.1, -0.05) is 6.07 Å². The van der Waals surface area contributed by atoms with E-state index in [1.807, 2.05) is 0 Å². The summed E-state index contributed by atoms with van der Waals surface area (Å²) < 4.78 is 19.1. The Balaban J connectivity index is 1.85. The SMILES string of the molecule is N#Cc1ccc(COC2CCN(C#N)CC2)cc1F. The molecular formula is C14H14FN3O. The number of nitriles is 2. The smallest absolute Gasteiger partial charge is 0.179 e. The third-order valence-electron chi connectivity index (χ3n) is 3.22. The summed E-state index contributed by atoms with van der Waals surface area (Å²) in [6, 6.07) is 6.29. The number of ether oxygens (including phenoxy) is 1. The lowest BCUT2D eigenvalue weighted by Crippen LogP contribution is -2.33. The second-order valence-electron chi connectivity index (χ2n) is 4.52. The summed E-state index contributed by atoms with van der Waals surface area (Å²) >= 11 is 0. The number of piperidine rings is 1.